The molecular weight excluding hydrogens is 326 g/mol. The van der Waals surface area contributed by atoms with Crippen LogP contribution in [-0.2, 0) is 17.9 Å². The van der Waals surface area contributed by atoms with Crippen molar-refractivity contribution < 1.29 is 4.79 Å². The third kappa shape index (κ3) is 4.77. The molecule has 26 heavy (non-hydrogen) atoms. The van der Waals surface area contributed by atoms with Gasteiger partial charge in [0.15, 0.2) is 0 Å². The molecule has 3 aromatic rings. The van der Waals surface area contributed by atoms with Crippen LogP contribution in [0.3, 0.4) is 0 Å². The van der Waals surface area contributed by atoms with Crippen LogP contribution in [0.5, 0.6) is 0 Å². The van der Waals surface area contributed by atoms with E-state index >= 15 is 0 Å². The van der Waals surface area contributed by atoms with Gasteiger partial charge in [-0.25, -0.2) is 4.68 Å². The Bertz CT molecular complexity index is 832. The van der Waals surface area contributed by atoms with Gasteiger partial charge in [0.05, 0.1) is 18.4 Å². The normalized spacial score (nSPS) is 10.9. The predicted molar refractivity (Wildman–Crippen MR) is 101 cm³/mol. The monoisotopic (exact) mass is 349 g/mol. The quantitative estimate of drug-likeness (QED) is 0.657. The molecular formula is C20H23N5O. The average Bonchev–Trinajstić information content (AvgIpc) is 3.11. The molecule has 0 N–H and O–H groups in total. The second-order valence-corrected chi connectivity index (χ2v) is 6.41. The fourth-order valence-corrected chi connectivity index (χ4v) is 2.74. The highest BCUT2D eigenvalue weighted by molar-refractivity contribution is 5.77. The Kier molecular flexibility index (Phi) is 5.76. The van der Waals surface area contributed by atoms with Crippen LogP contribution in [0.25, 0.3) is 5.69 Å². The van der Waals surface area contributed by atoms with Gasteiger partial charge in [-0.2, -0.15) is 5.10 Å². The fourth-order valence-electron chi connectivity index (χ4n) is 2.74. The van der Waals surface area contributed by atoms with Crippen molar-refractivity contribution in [2.75, 3.05) is 20.6 Å². The van der Waals surface area contributed by atoms with Crippen molar-refractivity contribution in [2.24, 2.45) is 0 Å². The van der Waals surface area contributed by atoms with Crippen molar-refractivity contribution in [3.8, 4) is 5.69 Å². The van der Waals surface area contributed by atoms with E-state index in [0.29, 0.717) is 19.6 Å². The SMILES string of the molecule is CN(CC(=O)N(C)Cc1cnn(-c2ccccc2)c1)Cc1cccnc1. The van der Waals surface area contributed by atoms with Crippen LogP contribution >= 0.6 is 0 Å². The Morgan fingerprint density at radius 3 is 2.54 bits per heavy atom. The van der Waals surface area contributed by atoms with Gasteiger partial charge < -0.3 is 4.90 Å². The van der Waals surface area contributed by atoms with Crippen molar-refractivity contribution in [3.63, 3.8) is 0 Å². The number of rotatable bonds is 7. The van der Waals surface area contributed by atoms with Crippen LogP contribution in [0.2, 0.25) is 0 Å². The molecule has 0 fully saturated rings. The summed E-state index contributed by atoms with van der Waals surface area (Å²) < 4.78 is 1.82. The Hall–Kier alpha value is -2.99. The molecule has 0 atom stereocenters. The maximum atomic E-state index is 12.5. The van der Waals surface area contributed by atoms with Crippen LogP contribution in [0, 0.1) is 0 Å². The Balaban J connectivity index is 1.53. The summed E-state index contributed by atoms with van der Waals surface area (Å²) in [4.78, 5) is 20.3. The Morgan fingerprint density at radius 2 is 1.81 bits per heavy atom. The van der Waals surface area contributed by atoms with Gasteiger partial charge in [-0.05, 0) is 30.8 Å². The topological polar surface area (TPSA) is 54.3 Å². The van der Waals surface area contributed by atoms with Gasteiger partial charge in [0.1, 0.15) is 0 Å². The van der Waals surface area contributed by atoms with Crippen LogP contribution in [0.4, 0.5) is 0 Å². The zero-order valence-corrected chi connectivity index (χ0v) is 15.1. The summed E-state index contributed by atoms with van der Waals surface area (Å²) in [6, 6.07) is 13.8. The molecule has 0 radical (unpaired) electrons. The number of nitrogens with zero attached hydrogens (tertiary/aromatic N) is 5. The van der Waals surface area contributed by atoms with E-state index in [1.165, 1.54) is 0 Å². The first-order chi connectivity index (χ1) is 12.6. The lowest BCUT2D eigenvalue weighted by Gasteiger charge is -2.21. The van der Waals surface area contributed by atoms with Gasteiger partial charge in [0.2, 0.25) is 5.91 Å². The number of aromatic nitrogens is 3. The molecule has 2 aromatic heterocycles. The van der Waals surface area contributed by atoms with E-state index in [2.05, 4.69) is 10.1 Å². The van der Waals surface area contributed by atoms with E-state index in [0.717, 1.165) is 16.8 Å². The molecule has 134 valence electrons. The zero-order valence-electron chi connectivity index (χ0n) is 15.1. The first kappa shape index (κ1) is 17.8. The van der Waals surface area contributed by atoms with E-state index in [1.807, 2.05) is 78.5 Å². The number of pyridine rings is 1. The van der Waals surface area contributed by atoms with E-state index in [-0.39, 0.29) is 5.91 Å². The summed E-state index contributed by atoms with van der Waals surface area (Å²) in [5, 5.41) is 4.38. The van der Waals surface area contributed by atoms with E-state index in [9.17, 15) is 4.79 Å². The maximum Gasteiger partial charge on any atom is 0.236 e. The maximum absolute atomic E-state index is 12.5. The molecule has 6 nitrogen and oxygen atoms in total. The molecule has 1 amide bonds. The van der Waals surface area contributed by atoms with Crippen molar-refractivity contribution in [1.82, 2.24) is 24.6 Å². The van der Waals surface area contributed by atoms with Crippen molar-refractivity contribution >= 4 is 5.91 Å². The second kappa shape index (κ2) is 8.40. The molecule has 1 aromatic carbocycles. The van der Waals surface area contributed by atoms with Gasteiger partial charge in [0, 0.05) is 44.3 Å². The number of amides is 1. The highest BCUT2D eigenvalue weighted by Gasteiger charge is 2.13. The molecule has 0 saturated carbocycles. The van der Waals surface area contributed by atoms with Crippen LogP contribution in [-0.4, -0.2) is 51.1 Å². The van der Waals surface area contributed by atoms with Crippen LogP contribution < -0.4 is 0 Å². The van der Waals surface area contributed by atoms with Gasteiger partial charge in [-0.15, -0.1) is 0 Å². The van der Waals surface area contributed by atoms with Gasteiger partial charge in [-0.1, -0.05) is 24.3 Å². The third-order valence-electron chi connectivity index (χ3n) is 4.08. The largest absolute Gasteiger partial charge is 0.340 e. The lowest BCUT2D eigenvalue weighted by Crippen LogP contribution is -2.36. The Morgan fingerprint density at radius 1 is 1.00 bits per heavy atom. The number of hydrogen-bond donors (Lipinski definition) is 0. The smallest absolute Gasteiger partial charge is 0.236 e. The summed E-state index contributed by atoms with van der Waals surface area (Å²) in [6.45, 7) is 1.59. The summed E-state index contributed by atoms with van der Waals surface area (Å²) in [5.74, 6) is 0.0730. The molecule has 0 aliphatic heterocycles. The standard InChI is InChI=1S/C20H23N5O/c1-23(13-17-7-6-10-21-11-17)16-20(26)24(2)14-18-12-22-25(15-18)19-8-4-3-5-9-19/h3-12,15H,13-14,16H2,1-2H3. The minimum Gasteiger partial charge on any atom is -0.340 e. The first-order valence-corrected chi connectivity index (χ1v) is 8.52. The zero-order chi connectivity index (χ0) is 18.4. The van der Waals surface area contributed by atoms with E-state index in [1.54, 1.807) is 17.3 Å². The summed E-state index contributed by atoms with van der Waals surface area (Å²) in [6.07, 6.45) is 7.33. The molecule has 0 bridgehead atoms. The van der Waals surface area contributed by atoms with E-state index < -0.39 is 0 Å². The number of para-hydroxylation sites is 1. The number of carbonyl (C=O) groups is 1. The lowest BCUT2D eigenvalue weighted by atomic mass is 10.2. The lowest BCUT2D eigenvalue weighted by molar-refractivity contribution is -0.131. The van der Waals surface area contributed by atoms with Gasteiger partial charge >= 0.3 is 0 Å². The van der Waals surface area contributed by atoms with Crippen molar-refractivity contribution in [3.05, 3.63) is 78.4 Å². The fraction of sp³-hybridized carbons (Fsp3) is 0.250. The molecule has 3 rings (SSSR count). The molecule has 0 saturated heterocycles. The molecule has 0 spiro atoms. The minimum absolute atomic E-state index is 0.0730. The highest BCUT2D eigenvalue weighted by atomic mass is 16.2. The Labute approximate surface area is 153 Å². The van der Waals surface area contributed by atoms with Crippen LogP contribution in [0.15, 0.2) is 67.3 Å². The summed E-state index contributed by atoms with van der Waals surface area (Å²) in [5.41, 5.74) is 3.10. The molecule has 0 unspecified atom stereocenters. The average molecular weight is 349 g/mol. The summed E-state index contributed by atoms with van der Waals surface area (Å²) >= 11 is 0. The number of carbonyl (C=O) groups excluding carboxylic acids is 1. The number of hydrogen-bond acceptors (Lipinski definition) is 4. The van der Waals surface area contributed by atoms with Crippen molar-refractivity contribution in [1.29, 1.82) is 0 Å². The summed E-state index contributed by atoms with van der Waals surface area (Å²) in [7, 11) is 3.76. The number of likely N-dealkylation sites (N-methyl/N-ethyl adjacent to an activating group) is 2. The number of benzene rings is 1. The van der Waals surface area contributed by atoms with Gasteiger partial charge in [0.25, 0.3) is 0 Å². The molecule has 6 heteroatoms. The van der Waals surface area contributed by atoms with Crippen molar-refractivity contribution in [2.45, 2.75) is 13.1 Å². The van der Waals surface area contributed by atoms with Gasteiger partial charge in [-0.3, -0.25) is 14.7 Å². The molecule has 0 aliphatic rings. The first-order valence-electron chi connectivity index (χ1n) is 8.52. The molecule has 0 aliphatic carbocycles. The minimum atomic E-state index is 0.0730. The predicted octanol–water partition coefficient (Wildman–Crippen LogP) is 2.36. The van der Waals surface area contributed by atoms with Crippen LogP contribution in [0.1, 0.15) is 11.1 Å². The third-order valence-corrected chi connectivity index (χ3v) is 4.08. The molecule has 2 heterocycles. The second-order valence-electron chi connectivity index (χ2n) is 6.41. The van der Waals surface area contributed by atoms with E-state index in [4.69, 9.17) is 0 Å². The highest BCUT2D eigenvalue weighted by Crippen LogP contribution is 2.09.